The van der Waals surface area contributed by atoms with Gasteiger partial charge in [-0.15, -0.1) is 4.91 Å². The maximum absolute atomic E-state index is 12.6. The Morgan fingerprint density at radius 3 is 2.62 bits per heavy atom. The number of nitrogens with zero attached hydrogens (tertiary/aromatic N) is 2. The molecule has 0 radical (unpaired) electrons. The Morgan fingerprint density at radius 1 is 1.19 bits per heavy atom. The monoisotopic (exact) mass is 296 g/mol. The second-order valence-electron chi connectivity index (χ2n) is 3.96. The molecule has 5 nitrogen and oxygen atoms in total. The van der Waals surface area contributed by atoms with Crippen LogP contribution in [0.4, 0.5) is 13.2 Å². The minimum Gasteiger partial charge on any atom is -0.279 e. The summed E-state index contributed by atoms with van der Waals surface area (Å²) in [7, 11) is 0. The van der Waals surface area contributed by atoms with Crippen molar-refractivity contribution < 1.29 is 22.8 Å². The molecule has 0 aliphatic rings. The number of benzene rings is 1. The smallest absolute Gasteiger partial charge is 0.279 e. The number of hydrogen-bond acceptors (Lipinski definition) is 5. The molecule has 0 aliphatic carbocycles. The van der Waals surface area contributed by atoms with E-state index in [2.05, 4.69) is 9.82 Å². The van der Waals surface area contributed by atoms with Crippen molar-refractivity contribution in [2.75, 3.05) is 0 Å². The second-order valence-corrected chi connectivity index (χ2v) is 3.96. The third kappa shape index (κ3) is 3.41. The first-order valence-corrected chi connectivity index (χ1v) is 5.59. The Bertz CT molecular complexity index is 686. The highest BCUT2D eigenvalue weighted by atomic mass is 19.4. The van der Waals surface area contributed by atoms with Crippen molar-refractivity contribution in [1.29, 1.82) is 0 Å². The number of rotatable bonds is 3. The van der Waals surface area contributed by atoms with E-state index < -0.39 is 17.7 Å². The molecule has 1 aromatic carbocycles. The number of aromatic nitrogens is 1. The van der Waals surface area contributed by atoms with Gasteiger partial charge in [-0.05, 0) is 24.3 Å². The lowest BCUT2D eigenvalue weighted by atomic mass is 10.1. The van der Waals surface area contributed by atoms with Crippen LogP contribution >= 0.6 is 0 Å². The number of carbonyl (C=O) groups is 1. The Morgan fingerprint density at radius 2 is 1.95 bits per heavy atom. The molecule has 8 heteroatoms. The van der Waals surface area contributed by atoms with E-state index in [0.29, 0.717) is 0 Å². The van der Waals surface area contributed by atoms with E-state index in [1.165, 1.54) is 30.5 Å². The molecule has 0 atom stereocenters. The first-order chi connectivity index (χ1) is 9.91. The molecule has 1 aromatic heterocycles. The molecule has 0 bridgehead atoms. The standard InChI is InChI=1S/C13H7F3N2O3/c14-13(15,16)10-3-1-2-8(6-10)11-7-9(4-5-17-11)12(19)21-18-20/h1-7H. The predicted octanol–water partition coefficient (Wildman–Crippen LogP) is 3.61. The van der Waals surface area contributed by atoms with E-state index in [1.807, 2.05) is 5.34 Å². The van der Waals surface area contributed by atoms with Crippen molar-refractivity contribution in [3.05, 3.63) is 58.6 Å². The predicted molar refractivity (Wildman–Crippen MR) is 65.9 cm³/mol. The zero-order chi connectivity index (χ0) is 15.5. The summed E-state index contributed by atoms with van der Waals surface area (Å²) in [6, 6.07) is 6.96. The molecule has 0 aliphatic heterocycles. The minimum absolute atomic E-state index is 0.0444. The van der Waals surface area contributed by atoms with Gasteiger partial charge in [0.2, 0.25) is 0 Å². The van der Waals surface area contributed by atoms with Gasteiger partial charge >= 0.3 is 12.1 Å². The summed E-state index contributed by atoms with van der Waals surface area (Å²) >= 11 is 0. The molecule has 0 unspecified atom stereocenters. The third-order valence-corrected chi connectivity index (χ3v) is 2.60. The molecule has 0 amide bonds. The molecule has 2 aromatic rings. The van der Waals surface area contributed by atoms with Crippen molar-refractivity contribution in [3.8, 4) is 11.3 Å². The lowest BCUT2D eigenvalue weighted by Gasteiger charge is -2.08. The second kappa shape index (κ2) is 5.70. The van der Waals surface area contributed by atoms with Crippen molar-refractivity contribution in [3.63, 3.8) is 0 Å². The van der Waals surface area contributed by atoms with Crippen LogP contribution in [0.2, 0.25) is 0 Å². The van der Waals surface area contributed by atoms with Gasteiger partial charge in [0, 0.05) is 11.8 Å². The highest BCUT2D eigenvalue weighted by molar-refractivity contribution is 5.90. The SMILES string of the molecule is O=NOC(=O)c1ccnc(-c2cccc(C(F)(F)F)c2)c1. The molecule has 1 heterocycles. The van der Waals surface area contributed by atoms with E-state index in [9.17, 15) is 22.9 Å². The van der Waals surface area contributed by atoms with E-state index >= 15 is 0 Å². The fourth-order valence-corrected chi connectivity index (χ4v) is 1.66. The fourth-order valence-electron chi connectivity index (χ4n) is 1.66. The summed E-state index contributed by atoms with van der Waals surface area (Å²) in [5.41, 5.74) is -0.554. The zero-order valence-corrected chi connectivity index (χ0v) is 10.3. The van der Waals surface area contributed by atoms with Crippen LogP contribution < -0.4 is 0 Å². The van der Waals surface area contributed by atoms with E-state index in [1.54, 1.807) is 0 Å². The molecule has 0 spiro atoms. The first kappa shape index (κ1) is 14.6. The van der Waals surface area contributed by atoms with Crippen LogP contribution in [0.1, 0.15) is 15.9 Å². The van der Waals surface area contributed by atoms with Crippen LogP contribution in [0.25, 0.3) is 11.3 Å². The summed E-state index contributed by atoms with van der Waals surface area (Å²) in [6.07, 6.45) is -3.26. The summed E-state index contributed by atoms with van der Waals surface area (Å²) in [6.45, 7) is 0. The fraction of sp³-hybridized carbons (Fsp3) is 0.0769. The van der Waals surface area contributed by atoms with Crippen LogP contribution in [-0.4, -0.2) is 11.0 Å². The van der Waals surface area contributed by atoms with Crippen molar-refractivity contribution >= 4 is 5.97 Å². The van der Waals surface area contributed by atoms with E-state index in [4.69, 9.17) is 0 Å². The van der Waals surface area contributed by atoms with Crippen molar-refractivity contribution in [2.45, 2.75) is 6.18 Å². The molecule has 0 saturated heterocycles. The molecule has 21 heavy (non-hydrogen) atoms. The Balaban J connectivity index is 2.41. The average Bonchev–Trinajstić information content (AvgIpc) is 2.47. The number of alkyl halides is 3. The summed E-state index contributed by atoms with van der Waals surface area (Å²) in [4.78, 5) is 29.0. The minimum atomic E-state index is -4.48. The lowest BCUT2D eigenvalue weighted by Crippen LogP contribution is -2.05. The van der Waals surface area contributed by atoms with Gasteiger partial charge in [0.15, 0.2) is 5.34 Å². The van der Waals surface area contributed by atoms with Crippen LogP contribution in [0.15, 0.2) is 47.9 Å². The topological polar surface area (TPSA) is 68.6 Å². The maximum Gasteiger partial charge on any atom is 0.416 e. The number of halogens is 3. The van der Waals surface area contributed by atoms with Crippen LogP contribution in [0.3, 0.4) is 0 Å². The van der Waals surface area contributed by atoms with E-state index in [-0.39, 0.29) is 16.8 Å². The summed E-state index contributed by atoms with van der Waals surface area (Å²) < 4.78 is 37.9. The molecular formula is C13H7F3N2O3. The van der Waals surface area contributed by atoms with E-state index in [0.717, 1.165) is 12.1 Å². The van der Waals surface area contributed by atoms with Gasteiger partial charge in [0.25, 0.3) is 0 Å². The first-order valence-electron chi connectivity index (χ1n) is 5.59. The molecular weight excluding hydrogens is 289 g/mol. The quantitative estimate of drug-likeness (QED) is 0.641. The maximum atomic E-state index is 12.6. The lowest BCUT2D eigenvalue weighted by molar-refractivity contribution is -0.137. The van der Waals surface area contributed by atoms with Crippen LogP contribution in [0.5, 0.6) is 0 Å². The largest absolute Gasteiger partial charge is 0.416 e. The van der Waals surface area contributed by atoms with Gasteiger partial charge in [-0.1, -0.05) is 12.1 Å². The summed E-state index contributed by atoms with van der Waals surface area (Å²) in [5, 5.41) is 1.99. The number of carbonyl (C=O) groups excluding carboxylic acids is 1. The average molecular weight is 296 g/mol. The highest BCUT2D eigenvalue weighted by Gasteiger charge is 2.30. The van der Waals surface area contributed by atoms with Gasteiger partial charge < -0.3 is 0 Å². The normalized spacial score (nSPS) is 11.0. The van der Waals surface area contributed by atoms with Gasteiger partial charge in [0.05, 0.1) is 16.8 Å². The van der Waals surface area contributed by atoms with Crippen LogP contribution in [0, 0.1) is 4.91 Å². The molecule has 2 rings (SSSR count). The van der Waals surface area contributed by atoms with Crippen molar-refractivity contribution in [2.24, 2.45) is 5.34 Å². The molecule has 0 fully saturated rings. The number of hydrogen-bond donors (Lipinski definition) is 0. The zero-order valence-electron chi connectivity index (χ0n) is 10.3. The molecule has 0 saturated carbocycles. The Hall–Kier alpha value is -2.77. The van der Waals surface area contributed by atoms with Crippen molar-refractivity contribution in [1.82, 2.24) is 4.98 Å². The van der Waals surface area contributed by atoms with Gasteiger partial charge in [-0.25, -0.2) is 4.79 Å². The Kier molecular flexibility index (Phi) is 3.97. The van der Waals surface area contributed by atoms with Gasteiger partial charge in [-0.3, -0.25) is 9.82 Å². The summed E-state index contributed by atoms with van der Waals surface area (Å²) in [5.74, 6) is -1.01. The third-order valence-electron chi connectivity index (χ3n) is 2.60. The van der Waals surface area contributed by atoms with Gasteiger partial charge in [0.1, 0.15) is 0 Å². The van der Waals surface area contributed by atoms with Crippen LogP contribution in [-0.2, 0) is 11.0 Å². The molecule has 108 valence electrons. The Labute approximate surface area is 116 Å². The molecule has 0 N–H and O–H groups in total. The van der Waals surface area contributed by atoms with Gasteiger partial charge in [-0.2, -0.15) is 13.2 Å². The highest BCUT2D eigenvalue weighted by Crippen LogP contribution is 2.31. The number of pyridine rings is 1.